The van der Waals surface area contributed by atoms with Gasteiger partial charge in [-0.2, -0.15) is 0 Å². The van der Waals surface area contributed by atoms with Crippen LogP contribution in [0.1, 0.15) is 25.8 Å². The Morgan fingerprint density at radius 3 is 2.61 bits per heavy atom. The molecule has 1 rings (SSSR count). The number of hydrogen-bond donors (Lipinski definition) is 2. The quantitative estimate of drug-likeness (QED) is 0.774. The van der Waals surface area contributed by atoms with Gasteiger partial charge in [-0.05, 0) is 37.1 Å². The molecule has 0 saturated carbocycles. The zero-order chi connectivity index (χ0) is 13.4. The second-order valence-electron chi connectivity index (χ2n) is 4.40. The van der Waals surface area contributed by atoms with Gasteiger partial charge in [0.05, 0.1) is 6.61 Å². The molecule has 4 heteroatoms. The average molecular weight is 250 g/mol. The summed E-state index contributed by atoms with van der Waals surface area (Å²) in [6.45, 7) is 5.66. The lowest BCUT2D eigenvalue weighted by Gasteiger charge is -2.09. The summed E-state index contributed by atoms with van der Waals surface area (Å²) in [5.74, 6) is 1.12. The van der Waals surface area contributed by atoms with Crippen LogP contribution in [0, 0.1) is 5.92 Å². The first-order chi connectivity index (χ1) is 8.65. The summed E-state index contributed by atoms with van der Waals surface area (Å²) in [7, 11) is 0. The molecule has 0 fully saturated rings. The number of nitrogens with one attached hydrogen (secondary N) is 1. The summed E-state index contributed by atoms with van der Waals surface area (Å²) in [6, 6.07) is 7.73. The number of ether oxygens (including phenoxy) is 1. The van der Waals surface area contributed by atoms with Crippen LogP contribution in [0.2, 0.25) is 0 Å². The Morgan fingerprint density at radius 1 is 1.39 bits per heavy atom. The van der Waals surface area contributed by atoms with E-state index in [0.717, 1.165) is 11.3 Å². The van der Waals surface area contributed by atoms with Crippen molar-refractivity contribution < 1.29 is 9.53 Å². The van der Waals surface area contributed by atoms with E-state index in [1.165, 1.54) is 0 Å². The number of benzene rings is 1. The maximum absolute atomic E-state index is 11.6. The first-order valence-electron chi connectivity index (χ1n) is 6.34. The van der Waals surface area contributed by atoms with Gasteiger partial charge in [0.1, 0.15) is 5.75 Å². The van der Waals surface area contributed by atoms with Gasteiger partial charge in [0, 0.05) is 13.0 Å². The highest BCUT2D eigenvalue weighted by Crippen LogP contribution is 2.11. The summed E-state index contributed by atoms with van der Waals surface area (Å²) in [5.41, 5.74) is 6.54. The molecule has 0 aliphatic carbocycles. The average Bonchev–Trinajstić information content (AvgIpc) is 2.38. The second kappa shape index (κ2) is 7.71. The standard InChI is InChI=1S/C14H22N2O2/c1-3-18-13-6-4-12(5-7-13)10-16-14(17)8-11(2)9-15/h4-7,11H,3,8-10,15H2,1-2H3,(H,16,17). The lowest BCUT2D eigenvalue weighted by Crippen LogP contribution is -2.26. The van der Waals surface area contributed by atoms with E-state index in [4.69, 9.17) is 10.5 Å². The molecule has 0 spiro atoms. The van der Waals surface area contributed by atoms with Crippen LogP contribution in [-0.4, -0.2) is 19.1 Å². The van der Waals surface area contributed by atoms with Gasteiger partial charge in [0.2, 0.25) is 5.91 Å². The largest absolute Gasteiger partial charge is 0.494 e. The lowest BCUT2D eigenvalue weighted by molar-refractivity contribution is -0.122. The van der Waals surface area contributed by atoms with Crippen LogP contribution in [0.25, 0.3) is 0 Å². The summed E-state index contributed by atoms with van der Waals surface area (Å²) in [6.07, 6.45) is 0.480. The Labute approximate surface area is 109 Å². The smallest absolute Gasteiger partial charge is 0.220 e. The van der Waals surface area contributed by atoms with Crippen LogP contribution in [-0.2, 0) is 11.3 Å². The van der Waals surface area contributed by atoms with Crippen LogP contribution >= 0.6 is 0 Å². The fourth-order valence-electron chi connectivity index (χ4n) is 1.54. The van der Waals surface area contributed by atoms with Crippen LogP contribution in [0.15, 0.2) is 24.3 Å². The van der Waals surface area contributed by atoms with Gasteiger partial charge in [-0.3, -0.25) is 4.79 Å². The maximum Gasteiger partial charge on any atom is 0.220 e. The molecule has 1 unspecified atom stereocenters. The van der Waals surface area contributed by atoms with E-state index in [2.05, 4.69) is 5.32 Å². The highest BCUT2D eigenvalue weighted by molar-refractivity contribution is 5.76. The van der Waals surface area contributed by atoms with Crippen molar-refractivity contribution in [1.29, 1.82) is 0 Å². The third kappa shape index (κ3) is 5.19. The molecule has 100 valence electrons. The predicted molar refractivity (Wildman–Crippen MR) is 72.3 cm³/mol. The number of rotatable bonds is 7. The second-order valence-corrected chi connectivity index (χ2v) is 4.40. The molecule has 0 aliphatic heterocycles. The van der Waals surface area contributed by atoms with Crippen LogP contribution in [0.3, 0.4) is 0 Å². The molecule has 0 aliphatic rings. The molecular weight excluding hydrogens is 228 g/mol. The fourth-order valence-corrected chi connectivity index (χ4v) is 1.54. The van der Waals surface area contributed by atoms with Crippen molar-refractivity contribution in [2.75, 3.05) is 13.2 Å². The minimum atomic E-state index is 0.0434. The Kier molecular flexibility index (Phi) is 6.22. The normalized spacial score (nSPS) is 11.9. The number of carbonyl (C=O) groups is 1. The van der Waals surface area contributed by atoms with Gasteiger partial charge in [0.25, 0.3) is 0 Å². The highest BCUT2D eigenvalue weighted by Gasteiger charge is 2.06. The van der Waals surface area contributed by atoms with Crippen molar-refractivity contribution in [3.63, 3.8) is 0 Å². The zero-order valence-electron chi connectivity index (χ0n) is 11.1. The Hall–Kier alpha value is -1.55. The molecule has 0 aromatic heterocycles. The van der Waals surface area contributed by atoms with Gasteiger partial charge in [-0.1, -0.05) is 19.1 Å². The molecule has 1 aromatic carbocycles. The number of carbonyl (C=O) groups excluding carboxylic acids is 1. The van der Waals surface area contributed by atoms with E-state index >= 15 is 0 Å². The number of nitrogens with two attached hydrogens (primary N) is 1. The molecule has 0 saturated heterocycles. The van der Waals surface area contributed by atoms with Gasteiger partial charge >= 0.3 is 0 Å². The third-order valence-electron chi connectivity index (χ3n) is 2.66. The molecule has 18 heavy (non-hydrogen) atoms. The summed E-state index contributed by atoms with van der Waals surface area (Å²) in [5, 5.41) is 2.88. The maximum atomic E-state index is 11.6. The summed E-state index contributed by atoms with van der Waals surface area (Å²) >= 11 is 0. The van der Waals surface area contributed by atoms with E-state index in [0.29, 0.717) is 26.1 Å². The van der Waals surface area contributed by atoms with E-state index in [1.54, 1.807) is 0 Å². The predicted octanol–water partition coefficient (Wildman–Crippen LogP) is 1.69. The van der Waals surface area contributed by atoms with E-state index in [1.807, 2.05) is 38.1 Å². The Balaban J connectivity index is 2.36. The van der Waals surface area contributed by atoms with Crippen LogP contribution in [0.5, 0.6) is 5.75 Å². The van der Waals surface area contributed by atoms with Crippen molar-refractivity contribution in [3.05, 3.63) is 29.8 Å². The monoisotopic (exact) mass is 250 g/mol. The first kappa shape index (κ1) is 14.5. The van der Waals surface area contributed by atoms with Gasteiger partial charge < -0.3 is 15.8 Å². The molecule has 0 bridgehead atoms. The summed E-state index contributed by atoms with van der Waals surface area (Å²) < 4.78 is 5.35. The van der Waals surface area contributed by atoms with Crippen LogP contribution in [0.4, 0.5) is 0 Å². The minimum absolute atomic E-state index is 0.0434. The topological polar surface area (TPSA) is 64.3 Å². The van der Waals surface area contributed by atoms with Crippen molar-refractivity contribution >= 4 is 5.91 Å². The lowest BCUT2D eigenvalue weighted by atomic mass is 10.1. The van der Waals surface area contributed by atoms with Crippen molar-refractivity contribution in [2.24, 2.45) is 11.7 Å². The van der Waals surface area contributed by atoms with E-state index in [9.17, 15) is 4.79 Å². The molecule has 1 amide bonds. The molecule has 1 atom stereocenters. The van der Waals surface area contributed by atoms with Crippen molar-refractivity contribution in [1.82, 2.24) is 5.32 Å². The Morgan fingerprint density at radius 2 is 2.06 bits per heavy atom. The highest BCUT2D eigenvalue weighted by atomic mass is 16.5. The fraction of sp³-hybridized carbons (Fsp3) is 0.500. The minimum Gasteiger partial charge on any atom is -0.494 e. The van der Waals surface area contributed by atoms with E-state index in [-0.39, 0.29) is 11.8 Å². The van der Waals surface area contributed by atoms with Gasteiger partial charge in [-0.15, -0.1) is 0 Å². The van der Waals surface area contributed by atoms with Gasteiger partial charge in [-0.25, -0.2) is 0 Å². The zero-order valence-corrected chi connectivity index (χ0v) is 11.1. The molecule has 0 heterocycles. The van der Waals surface area contributed by atoms with Crippen LogP contribution < -0.4 is 15.8 Å². The Bertz CT molecular complexity index is 363. The van der Waals surface area contributed by atoms with Gasteiger partial charge in [0.15, 0.2) is 0 Å². The molecular formula is C14H22N2O2. The van der Waals surface area contributed by atoms with E-state index < -0.39 is 0 Å². The molecule has 1 aromatic rings. The number of amides is 1. The molecule has 4 nitrogen and oxygen atoms in total. The SMILES string of the molecule is CCOc1ccc(CNC(=O)CC(C)CN)cc1. The number of hydrogen-bond acceptors (Lipinski definition) is 3. The third-order valence-corrected chi connectivity index (χ3v) is 2.66. The van der Waals surface area contributed by atoms with Crippen molar-refractivity contribution in [2.45, 2.75) is 26.8 Å². The first-order valence-corrected chi connectivity index (χ1v) is 6.34. The molecule has 0 radical (unpaired) electrons. The summed E-state index contributed by atoms with van der Waals surface area (Å²) in [4.78, 5) is 11.6. The molecule has 3 N–H and O–H groups in total. The van der Waals surface area contributed by atoms with Crippen molar-refractivity contribution in [3.8, 4) is 5.75 Å².